The van der Waals surface area contributed by atoms with Gasteiger partial charge in [0.25, 0.3) is 5.91 Å². The van der Waals surface area contributed by atoms with Gasteiger partial charge in [-0.15, -0.1) is 0 Å². The van der Waals surface area contributed by atoms with Crippen molar-refractivity contribution in [3.05, 3.63) is 59.4 Å². The molecule has 1 atom stereocenters. The molecule has 0 aromatic heterocycles. The van der Waals surface area contributed by atoms with Crippen LogP contribution in [0.15, 0.2) is 36.4 Å². The molecule has 2 aromatic carbocycles. The van der Waals surface area contributed by atoms with Gasteiger partial charge in [-0.1, -0.05) is 12.1 Å². The first kappa shape index (κ1) is 17.5. The third-order valence-electron chi connectivity index (χ3n) is 4.41. The quantitative estimate of drug-likeness (QED) is 0.831. The minimum Gasteiger partial charge on any atom is -0.352 e. The van der Waals surface area contributed by atoms with Crippen molar-refractivity contribution in [1.82, 2.24) is 10.6 Å². The monoisotopic (exact) mass is 348 g/mol. The number of carbonyl (C=O) groups excluding carboxylic acids is 1. The summed E-state index contributed by atoms with van der Waals surface area (Å²) < 4.78 is 39.7. The molecule has 0 aliphatic carbocycles. The molecule has 3 rings (SSSR count). The number of benzene rings is 2. The fraction of sp³-hybridized carbons (Fsp3) is 0.316. The van der Waals surface area contributed by atoms with Gasteiger partial charge in [0.05, 0.1) is 0 Å². The van der Waals surface area contributed by atoms with Crippen LogP contribution < -0.4 is 10.6 Å². The highest BCUT2D eigenvalue weighted by molar-refractivity contribution is 5.94. The number of halogens is 3. The van der Waals surface area contributed by atoms with Crippen LogP contribution in [0.2, 0.25) is 0 Å². The highest BCUT2D eigenvalue weighted by Gasteiger charge is 2.15. The van der Waals surface area contributed by atoms with Gasteiger partial charge in [0.1, 0.15) is 0 Å². The number of piperidine rings is 1. The smallest absolute Gasteiger partial charge is 0.251 e. The fourth-order valence-electron chi connectivity index (χ4n) is 2.97. The second-order valence-corrected chi connectivity index (χ2v) is 6.25. The van der Waals surface area contributed by atoms with Crippen LogP contribution in [0.4, 0.5) is 13.2 Å². The Bertz CT molecular complexity index is 733. The van der Waals surface area contributed by atoms with Crippen LogP contribution in [-0.4, -0.2) is 25.5 Å². The zero-order chi connectivity index (χ0) is 17.8. The Kier molecular flexibility index (Phi) is 5.38. The van der Waals surface area contributed by atoms with Gasteiger partial charge < -0.3 is 10.6 Å². The van der Waals surface area contributed by atoms with Crippen LogP contribution in [0, 0.1) is 23.4 Å². The number of hydrogen-bond acceptors (Lipinski definition) is 2. The molecule has 2 aromatic rings. The van der Waals surface area contributed by atoms with Gasteiger partial charge in [-0.05, 0) is 67.2 Å². The summed E-state index contributed by atoms with van der Waals surface area (Å²) in [6.07, 6.45) is 2.20. The molecular weight excluding hydrogens is 329 g/mol. The maximum Gasteiger partial charge on any atom is 0.251 e. The lowest BCUT2D eigenvalue weighted by Crippen LogP contribution is -2.38. The van der Waals surface area contributed by atoms with Gasteiger partial charge in [0, 0.05) is 12.1 Å². The second kappa shape index (κ2) is 7.70. The van der Waals surface area contributed by atoms with Crippen molar-refractivity contribution in [2.45, 2.75) is 12.8 Å². The van der Waals surface area contributed by atoms with Crippen LogP contribution in [0.5, 0.6) is 0 Å². The summed E-state index contributed by atoms with van der Waals surface area (Å²) >= 11 is 0. The van der Waals surface area contributed by atoms with Gasteiger partial charge in [-0.3, -0.25) is 4.79 Å². The third kappa shape index (κ3) is 4.20. The maximum atomic E-state index is 13.3. The first-order chi connectivity index (χ1) is 12.0. The standard InChI is InChI=1S/C19H19F3N2O/c20-16-8-15(9-17(21)18(16)22)13-3-5-14(6-4-13)19(25)24-11-12-2-1-7-23-10-12/h3-6,8-9,12,23H,1-2,7,10-11H2,(H,24,25). The molecule has 1 aliphatic rings. The summed E-state index contributed by atoms with van der Waals surface area (Å²) in [5.41, 5.74) is 1.19. The molecule has 3 nitrogen and oxygen atoms in total. The molecular formula is C19H19F3N2O. The van der Waals surface area contributed by atoms with Crippen molar-refractivity contribution >= 4 is 5.91 Å². The van der Waals surface area contributed by atoms with Crippen LogP contribution in [0.25, 0.3) is 11.1 Å². The number of amides is 1. The van der Waals surface area contributed by atoms with E-state index in [-0.39, 0.29) is 11.5 Å². The highest BCUT2D eigenvalue weighted by atomic mass is 19.2. The topological polar surface area (TPSA) is 41.1 Å². The minimum atomic E-state index is -1.49. The Morgan fingerprint density at radius 3 is 2.36 bits per heavy atom. The van der Waals surface area contributed by atoms with Gasteiger partial charge in [-0.25, -0.2) is 13.2 Å². The molecule has 0 radical (unpaired) electrons. The van der Waals surface area contributed by atoms with Crippen molar-refractivity contribution < 1.29 is 18.0 Å². The third-order valence-corrected chi connectivity index (χ3v) is 4.41. The SMILES string of the molecule is O=C(NCC1CCCNC1)c1ccc(-c2cc(F)c(F)c(F)c2)cc1. The predicted octanol–water partition coefficient (Wildman–Crippen LogP) is 3.50. The Labute approximate surface area is 144 Å². The largest absolute Gasteiger partial charge is 0.352 e. The lowest BCUT2D eigenvalue weighted by molar-refractivity contribution is 0.0945. The second-order valence-electron chi connectivity index (χ2n) is 6.25. The van der Waals surface area contributed by atoms with Crippen LogP contribution >= 0.6 is 0 Å². The zero-order valence-electron chi connectivity index (χ0n) is 13.6. The molecule has 0 spiro atoms. The van der Waals surface area contributed by atoms with Gasteiger partial charge in [-0.2, -0.15) is 0 Å². The lowest BCUT2D eigenvalue weighted by Gasteiger charge is -2.22. The summed E-state index contributed by atoms with van der Waals surface area (Å²) in [4.78, 5) is 12.2. The van der Waals surface area contributed by atoms with Crippen LogP contribution in [0.3, 0.4) is 0 Å². The van der Waals surface area contributed by atoms with E-state index in [9.17, 15) is 18.0 Å². The number of hydrogen-bond donors (Lipinski definition) is 2. The van der Waals surface area contributed by atoms with Crippen molar-refractivity contribution in [1.29, 1.82) is 0 Å². The molecule has 1 aliphatic heterocycles. The van der Waals surface area contributed by atoms with Crippen molar-refractivity contribution in [3.8, 4) is 11.1 Å². The van der Waals surface area contributed by atoms with E-state index >= 15 is 0 Å². The van der Waals surface area contributed by atoms with E-state index in [1.807, 2.05) is 0 Å². The molecule has 132 valence electrons. The molecule has 6 heteroatoms. The van der Waals surface area contributed by atoms with Gasteiger partial charge in [0.2, 0.25) is 0 Å². The van der Waals surface area contributed by atoms with Crippen molar-refractivity contribution in [2.24, 2.45) is 5.92 Å². The molecule has 0 saturated carbocycles. The Hall–Kier alpha value is -2.34. The summed E-state index contributed by atoms with van der Waals surface area (Å²) in [5, 5.41) is 6.20. The Morgan fingerprint density at radius 1 is 1.08 bits per heavy atom. The number of rotatable bonds is 4. The van der Waals surface area contributed by atoms with Gasteiger partial charge >= 0.3 is 0 Å². The molecule has 1 amide bonds. The predicted molar refractivity (Wildman–Crippen MR) is 89.7 cm³/mol. The fourth-order valence-corrected chi connectivity index (χ4v) is 2.97. The average Bonchev–Trinajstić information content (AvgIpc) is 2.64. The van der Waals surface area contributed by atoms with E-state index < -0.39 is 17.5 Å². The van der Waals surface area contributed by atoms with Crippen LogP contribution in [0.1, 0.15) is 23.2 Å². The highest BCUT2D eigenvalue weighted by Crippen LogP contribution is 2.24. The number of carbonyl (C=O) groups is 1. The average molecular weight is 348 g/mol. The number of nitrogens with one attached hydrogen (secondary N) is 2. The molecule has 1 saturated heterocycles. The molecule has 2 N–H and O–H groups in total. The summed E-state index contributed by atoms with van der Waals surface area (Å²) in [5.74, 6) is -3.72. The molecule has 1 fully saturated rings. The summed E-state index contributed by atoms with van der Waals surface area (Å²) in [7, 11) is 0. The Balaban J connectivity index is 1.66. The normalized spacial score (nSPS) is 17.3. The zero-order valence-corrected chi connectivity index (χ0v) is 13.6. The first-order valence-corrected chi connectivity index (χ1v) is 8.28. The van der Waals surface area contributed by atoms with E-state index in [1.54, 1.807) is 24.3 Å². The summed E-state index contributed by atoms with van der Waals surface area (Å²) in [6.45, 7) is 2.54. The van der Waals surface area contributed by atoms with Crippen molar-refractivity contribution in [2.75, 3.05) is 19.6 Å². The lowest BCUT2D eigenvalue weighted by atomic mass is 9.99. The van der Waals surface area contributed by atoms with E-state index in [2.05, 4.69) is 10.6 Å². The molecule has 1 heterocycles. The van der Waals surface area contributed by atoms with Crippen LogP contribution in [-0.2, 0) is 0 Å². The minimum absolute atomic E-state index is 0.186. The molecule has 25 heavy (non-hydrogen) atoms. The molecule has 1 unspecified atom stereocenters. The first-order valence-electron chi connectivity index (χ1n) is 8.28. The van der Waals surface area contributed by atoms with E-state index in [4.69, 9.17) is 0 Å². The Morgan fingerprint density at radius 2 is 1.76 bits per heavy atom. The summed E-state index contributed by atoms with van der Waals surface area (Å²) in [6, 6.07) is 8.21. The van der Waals surface area contributed by atoms with Crippen molar-refractivity contribution in [3.63, 3.8) is 0 Å². The maximum absolute atomic E-state index is 13.3. The van der Waals surface area contributed by atoms with Gasteiger partial charge in [0.15, 0.2) is 17.5 Å². The van der Waals surface area contributed by atoms with E-state index in [0.29, 0.717) is 23.6 Å². The molecule has 0 bridgehead atoms. The van der Waals surface area contributed by atoms with E-state index in [1.165, 1.54) is 0 Å². The van der Waals surface area contributed by atoms with E-state index in [0.717, 1.165) is 38.1 Å².